The van der Waals surface area contributed by atoms with E-state index in [9.17, 15) is 18.0 Å². The van der Waals surface area contributed by atoms with Crippen LogP contribution in [0, 0.1) is 0 Å². The lowest BCUT2D eigenvalue weighted by atomic mass is 10.1. The second-order valence-electron chi connectivity index (χ2n) is 8.10. The number of allylic oxidation sites excluding steroid dienone is 4. The Morgan fingerprint density at radius 2 is 1.94 bits per heavy atom. The Bertz CT molecular complexity index is 1050. The normalized spacial score (nSPS) is 16.9. The van der Waals surface area contributed by atoms with Gasteiger partial charge in [0, 0.05) is 12.1 Å². The molecule has 1 saturated heterocycles. The number of hydrogen-bond donors (Lipinski definition) is 1. The van der Waals surface area contributed by atoms with Crippen molar-refractivity contribution in [3.8, 4) is 17.0 Å². The van der Waals surface area contributed by atoms with Gasteiger partial charge in [0.05, 0.1) is 24.0 Å². The van der Waals surface area contributed by atoms with Crippen LogP contribution < -0.4 is 10.1 Å². The number of rotatable bonds is 8. The topological polar surface area (TPSA) is 67.4 Å². The minimum atomic E-state index is -4.74. The largest absolute Gasteiger partial charge is 0.573 e. The average molecular weight is 493 g/mol. The molecule has 1 aliphatic rings. The van der Waals surface area contributed by atoms with Crippen LogP contribution in [0.1, 0.15) is 39.3 Å². The summed E-state index contributed by atoms with van der Waals surface area (Å²) >= 11 is 1.59. The van der Waals surface area contributed by atoms with Crippen molar-refractivity contribution in [1.29, 1.82) is 0 Å². The highest BCUT2D eigenvalue weighted by atomic mass is 32.2. The van der Waals surface area contributed by atoms with Crippen LogP contribution in [0.5, 0.6) is 5.75 Å². The number of nitrogens with one attached hydrogen (secondary N) is 1. The second kappa shape index (κ2) is 11.5. The van der Waals surface area contributed by atoms with Crippen LogP contribution in [-0.2, 0) is 11.3 Å². The molecule has 1 aromatic heterocycles. The number of halogens is 3. The SMILES string of the molecule is CC(C)=C/C=C(\C)SN1CCCC1C(=O)NCc1cc(-c2ccc(OC(F)(F)F)cc2)ncn1. The summed E-state index contributed by atoms with van der Waals surface area (Å²) in [5.41, 5.74) is 2.97. The number of ether oxygens (including phenoxy) is 1. The van der Waals surface area contributed by atoms with Gasteiger partial charge in [-0.25, -0.2) is 14.3 Å². The summed E-state index contributed by atoms with van der Waals surface area (Å²) in [6.45, 7) is 7.17. The Morgan fingerprint density at radius 1 is 1.21 bits per heavy atom. The van der Waals surface area contributed by atoms with Gasteiger partial charge in [0.1, 0.15) is 12.1 Å². The van der Waals surface area contributed by atoms with Gasteiger partial charge in [-0.05, 0) is 80.8 Å². The van der Waals surface area contributed by atoms with E-state index in [1.54, 1.807) is 18.0 Å². The fourth-order valence-electron chi connectivity index (χ4n) is 3.39. The Kier molecular flexibility index (Phi) is 8.73. The molecule has 0 bridgehead atoms. The van der Waals surface area contributed by atoms with Gasteiger partial charge in [0.2, 0.25) is 5.91 Å². The lowest BCUT2D eigenvalue weighted by Gasteiger charge is -2.22. The molecule has 2 heterocycles. The van der Waals surface area contributed by atoms with Crippen molar-refractivity contribution in [3.05, 3.63) is 65.0 Å². The number of aromatic nitrogens is 2. The molecule has 0 aliphatic carbocycles. The van der Waals surface area contributed by atoms with Crippen molar-refractivity contribution in [2.45, 2.75) is 52.6 Å². The monoisotopic (exact) mass is 492 g/mol. The summed E-state index contributed by atoms with van der Waals surface area (Å²) in [4.78, 5) is 22.3. The third-order valence-corrected chi connectivity index (χ3v) is 6.07. The lowest BCUT2D eigenvalue weighted by molar-refractivity contribution is -0.274. The van der Waals surface area contributed by atoms with Crippen molar-refractivity contribution < 1.29 is 22.7 Å². The van der Waals surface area contributed by atoms with E-state index in [1.165, 1.54) is 36.2 Å². The first-order chi connectivity index (χ1) is 16.1. The zero-order chi connectivity index (χ0) is 24.7. The van der Waals surface area contributed by atoms with Crippen molar-refractivity contribution in [3.63, 3.8) is 0 Å². The molecule has 3 rings (SSSR count). The number of carbonyl (C=O) groups excluding carboxylic acids is 1. The third kappa shape index (κ3) is 7.88. The highest BCUT2D eigenvalue weighted by molar-refractivity contribution is 8.00. The first-order valence-corrected chi connectivity index (χ1v) is 11.6. The molecular weight excluding hydrogens is 465 g/mol. The summed E-state index contributed by atoms with van der Waals surface area (Å²) < 4.78 is 43.0. The van der Waals surface area contributed by atoms with Crippen LogP contribution in [0.4, 0.5) is 13.2 Å². The molecule has 34 heavy (non-hydrogen) atoms. The maximum atomic E-state index is 12.8. The zero-order valence-corrected chi connectivity index (χ0v) is 20.0. The molecule has 10 heteroatoms. The van der Waals surface area contributed by atoms with E-state index in [1.807, 2.05) is 20.8 Å². The molecule has 1 aliphatic heterocycles. The average Bonchev–Trinajstić information content (AvgIpc) is 3.24. The minimum absolute atomic E-state index is 0.0613. The van der Waals surface area contributed by atoms with E-state index >= 15 is 0 Å². The quantitative estimate of drug-likeness (QED) is 0.380. The molecule has 1 atom stereocenters. The van der Waals surface area contributed by atoms with Gasteiger partial charge in [0.15, 0.2) is 0 Å². The van der Waals surface area contributed by atoms with E-state index in [4.69, 9.17) is 0 Å². The van der Waals surface area contributed by atoms with Gasteiger partial charge in [-0.15, -0.1) is 13.2 Å². The Balaban J connectivity index is 1.59. The molecule has 1 fully saturated rings. The summed E-state index contributed by atoms with van der Waals surface area (Å²) in [6, 6.07) is 6.92. The smallest absolute Gasteiger partial charge is 0.406 e. The summed E-state index contributed by atoms with van der Waals surface area (Å²) in [5, 5.41) is 2.95. The molecular formula is C24H27F3N4O2S. The molecule has 2 aromatic rings. The molecule has 182 valence electrons. The van der Waals surface area contributed by atoms with Gasteiger partial charge in [-0.1, -0.05) is 17.7 Å². The van der Waals surface area contributed by atoms with E-state index in [0.717, 1.165) is 24.3 Å². The zero-order valence-electron chi connectivity index (χ0n) is 19.2. The number of carbonyl (C=O) groups is 1. The molecule has 1 amide bonds. The predicted molar refractivity (Wildman–Crippen MR) is 127 cm³/mol. The Hall–Kier alpha value is -2.85. The lowest BCUT2D eigenvalue weighted by Crippen LogP contribution is -2.40. The van der Waals surface area contributed by atoms with Crippen LogP contribution in [-0.4, -0.2) is 39.1 Å². The summed E-state index contributed by atoms with van der Waals surface area (Å²) in [5.74, 6) is -0.364. The van der Waals surface area contributed by atoms with Crippen molar-refractivity contribution >= 4 is 17.9 Å². The number of benzene rings is 1. The number of hydrogen-bond acceptors (Lipinski definition) is 6. The maximum absolute atomic E-state index is 12.8. The van der Waals surface area contributed by atoms with Crippen molar-refractivity contribution in [1.82, 2.24) is 19.6 Å². The molecule has 1 aromatic carbocycles. The van der Waals surface area contributed by atoms with Crippen molar-refractivity contribution in [2.75, 3.05) is 6.54 Å². The van der Waals surface area contributed by atoms with Gasteiger partial charge >= 0.3 is 6.36 Å². The van der Waals surface area contributed by atoms with E-state index < -0.39 is 6.36 Å². The van der Waals surface area contributed by atoms with Crippen LogP contribution >= 0.6 is 11.9 Å². The summed E-state index contributed by atoms with van der Waals surface area (Å²) in [6.07, 6.45) is 2.47. The van der Waals surface area contributed by atoms with Gasteiger partial charge in [0.25, 0.3) is 0 Å². The maximum Gasteiger partial charge on any atom is 0.573 e. The third-order valence-electron chi connectivity index (χ3n) is 4.97. The van der Waals surface area contributed by atoms with Gasteiger partial charge in [-0.2, -0.15) is 0 Å². The highest BCUT2D eigenvalue weighted by Crippen LogP contribution is 2.30. The van der Waals surface area contributed by atoms with E-state index in [-0.39, 0.29) is 24.2 Å². The molecule has 0 spiro atoms. The van der Waals surface area contributed by atoms with E-state index in [2.05, 4.69) is 36.5 Å². The molecule has 1 unspecified atom stereocenters. The molecule has 0 radical (unpaired) electrons. The first-order valence-electron chi connectivity index (χ1n) is 10.8. The predicted octanol–water partition coefficient (Wildman–Crippen LogP) is 5.64. The minimum Gasteiger partial charge on any atom is -0.406 e. The Morgan fingerprint density at radius 3 is 2.62 bits per heavy atom. The second-order valence-corrected chi connectivity index (χ2v) is 9.39. The number of alkyl halides is 3. The van der Waals surface area contributed by atoms with Crippen LogP contribution in [0.2, 0.25) is 0 Å². The molecule has 0 saturated carbocycles. The van der Waals surface area contributed by atoms with Crippen LogP contribution in [0.25, 0.3) is 11.3 Å². The standard InChI is InChI=1S/C24H27F3N4O2S/c1-16(2)6-7-17(3)34-31-12-4-5-22(31)23(32)28-14-19-13-21(30-15-29-19)18-8-10-20(11-9-18)33-24(25,26)27/h6-11,13,15,22H,4-5,12,14H2,1-3H3,(H,28,32)/b17-7+. The summed E-state index contributed by atoms with van der Waals surface area (Å²) in [7, 11) is 0. The van der Waals surface area contributed by atoms with Gasteiger partial charge in [-0.3, -0.25) is 4.79 Å². The van der Waals surface area contributed by atoms with Crippen LogP contribution in [0.15, 0.2) is 59.3 Å². The molecule has 1 N–H and O–H groups in total. The van der Waals surface area contributed by atoms with Gasteiger partial charge < -0.3 is 10.1 Å². The molecule has 6 nitrogen and oxygen atoms in total. The highest BCUT2D eigenvalue weighted by Gasteiger charge is 2.32. The fourth-order valence-corrected chi connectivity index (χ4v) is 4.43. The van der Waals surface area contributed by atoms with Crippen LogP contribution in [0.3, 0.4) is 0 Å². The first kappa shape index (κ1) is 25.8. The Labute approximate surface area is 201 Å². The fraction of sp³-hybridized carbons (Fsp3) is 0.375. The number of nitrogens with zero attached hydrogens (tertiary/aromatic N) is 3. The van der Waals surface area contributed by atoms with Crippen molar-refractivity contribution in [2.24, 2.45) is 0 Å². The van der Waals surface area contributed by atoms with E-state index in [0.29, 0.717) is 17.0 Å². The number of amides is 1.